The van der Waals surface area contributed by atoms with E-state index in [1.807, 2.05) is 18.2 Å². The van der Waals surface area contributed by atoms with E-state index in [9.17, 15) is 4.79 Å². The van der Waals surface area contributed by atoms with E-state index in [0.717, 1.165) is 24.2 Å². The molecule has 0 aromatic heterocycles. The number of amides is 1. The zero-order chi connectivity index (χ0) is 21.5. The summed E-state index contributed by atoms with van der Waals surface area (Å²) in [6.45, 7) is 0.343. The molecule has 7 heteroatoms. The SMILES string of the molecule is COc1cc(CNC(=O)c2cc(OC)c(OC)c(OC)c2)ccc1OC1CCCC1. The summed E-state index contributed by atoms with van der Waals surface area (Å²) in [7, 11) is 6.17. The molecule has 0 aliphatic heterocycles. The molecule has 0 heterocycles. The van der Waals surface area contributed by atoms with E-state index in [1.165, 1.54) is 34.2 Å². The molecule has 3 rings (SSSR count). The summed E-state index contributed by atoms with van der Waals surface area (Å²) >= 11 is 0. The molecule has 1 amide bonds. The number of nitrogens with one attached hydrogen (secondary N) is 1. The quantitative estimate of drug-likeness (QED) is 0.668. The molecule has 162 valence electrons. The maximum absolute atomic E-state index is 12.7. The highest BCUT2D eigenvalue weighted by molar-refractivity contribution is 5.95. The molecule has 30 heavy (non-hydrogen) atoms. The van der Waals surface area contributed by atoms with E-state index in [-0.39, 0.29) is 12.0 Å². The molecule has 7 nitrogen and oxygen atoms in total. The van der Waals surface area contributed by atoms with Crippen molar-refractivity contribution in [1.82, 2.24) is 5.32 Å². The smallest absolute Gasteiger partial charge is 0.251 e. The molecule has 0 spiro atoms. The van der Waals surface area contributed by atoms with Gasteiger partial charge in [-0.1, -0.05) is 6.07 Å². The van der Waals surface area contributed by atoms with Crippen molar-refractivity contribution in [3.05, 3.63) is 41.5 Å². The summed E-state index contributed by atoms with van der Waals surface area (Å²) in [4.78, 5) is 12.7. The average Bonchev–Trinajstić information content (AvgIpc) is 3.30. The second-order valence-corrected chi connectivity index (χ2v) is 7.11. The number of carbonyl (C=O) groups is 1. The van der Waals surface area contributed by atoms with Gasteiger partial charge in [-0.2, -0.15) is 0 Å². The first-order valence-corrected chi connectivity index (χ1v) is 10.0. The minimum absolute atomic E-state index is 0.250. The Morgan fingerprint density at radius 1 is 0.867 bits per heavy atom. The van der Waals surface area contributed by atoms with Crippen molar-refractivity contribution >= 4 is 5.91 Å². The van der Waals surface area contributed by atoms with E-state index in [0.29, 0.717) is 35.1 Å². The molecule has 1 aliphatic rings. The number of carbonyl (C=O) groups excluding carboxylic acids is 1. The summed E-state index contributed by atoms with van der Waals surface area (Å²) in [6.07, 6.45) is 4.83. The summed E-state index contributed by atoms with van der Waals surface area (Å²) in [5.74, 6) is 2.46. The second-order valence-electron chi connectivity index (χ2n) is 7.11. The van der Waals surface area contributed by atoms with E-state index in [4.69, 9.17) is 23.7 Å². The first-order chi connectivity index (χ1) is 14.6. The number of benzene rings is 2. The largest absolute Gasteiger partial charge is 0.493 e. The minimum Gasteiger partial charge on any atom is -0.493 e. The second kappa shape index (κ2) is 10.1. The monoisotopic (exact) mass is 415 g/mol. The lowest BCUT2D eigenvalue weighted by molar-refractivity contribution is 0.0950. The highest BCUT2D eigenvalue weighted by Gasteiger charge is 2.19. The first kappa shape index (κ1) is 21.6. The zero-order valence-electron chi connectivity index (χ0n) is 17.9. The van der Waals surface area contributed by atoms with E-state index in [2.05, 4.69) is 5.32 Å². The zero-order valence-corrected chi connectivity index (χ0v) is 17.9. The fraction of sp³-hybridized carbons (Fsp3) is 0.435. The van der Waals surface area contributed by atoms with Crippen LogP contribution in [0.1, 0.15) is 41.6 Å². The molecule has 1 fully saturated rings. The normalized spacial score (nSPS) is 13.6. The van der Waals surface area contributed by atoms with Crippen molar-refractivity contribution in [3.8, 4) is 28.7 Å². The summed E-state index contributed by atoms with van der Waals surface area (Å²) < 4.78 is 27.5. The third-order valence-electron chi connectivity index (χ3n) is 5.20. The van der Waals surface area contributed by atoms with Crippen molar-refractivity contribution in [2.75, 3.05) is 28.4 Å². The Balaban J connectivity index is 1.69. The highest BCUT2D eigenvalue weighted by Crippen LogP contribution is 2.38. The standard InChI is InChI=1S/C23H29NO6/c1-26-19-11-15(9-10-18(19)30-17-7-5-6-8-17)14-24-23(25)16-12-20(27-2)22(29-4)21(13-16)28-3/h9-13,17H,5-8,14H2,1-4H3,(H,24,25). The van der Waals surface area contributed by atoms with Crippen molar-refractivity contribution in [1.29, 1.82) is 0 Å². The minimum atomic E-state index is -0.250. The molecule has 0 bridgehead atoms. The summed E-state index contributed by atoms with van der Waals surface area (Å²) in [5, 5.41) is 2.91. The van der Waals surface area contributed by atoms with Gasteiger partial charge in [0.2, 0.25) is 5.75 Å². The maximum Gasteiger partial charge on any atom is 0.251 e. The van der Waals surface area contributed by atoms with Crippen molar-refractivity contribution in [3.63, 3.8) is 0 Å². The van der Waals surface area contributed by atoms with Crippen LogP contribution in [-0.2, 0) is 6.54 Å². The first-order valence-electron chi connectivity index (χ1n) is 10.0. The van der Waals surface area contributed by atoms with Crippen molar-refractivity contribution in [2.45, 2.75) is 38.3 Å². The fourth-order valence-electron chi connectivity index (χ4n) is 3.60. The van der Waals surface area contributed by atoms with Crippen LogP contribution >= 0.6 is 0 Å². The predicted molar refractivity (Wildman–Crippen MR) is 113 cm³/mol. The van der Waals surface area contributed by atoms with Gasteiger partial charge in [-0.25, -0.2) is 0 Å². The lowest BCUT2D eigenvalue weighted by atomic mass is 10.1. The topological polar surface area (TPSA) is 75.3 Å². The van der Waals surface area contributed by atoms with Crippen LogP contribution in [0, 0.1) is 0 Å². The Hall–Kier alpha value is -3.09. The highest BCUT2D eigenvalue weighted by atomic mass is 16.5. The van der Waals surface area contributed by atoms with Crippen molar-refractivity contribution < 1.29 is 28.5 Å². The van der Waals surface area contributed by atoms with E-state index in [1.54, 1.807) is 19.2 Å². The van der Waals surface area contributed by atoms with Gasteiger partial charge in [0, 0.05) is 12.1 Å². The summed E-state index contributed by atoms with van der Waals surface area (Å²) in [6, 6.07) is 8.96. The molecule has 1 N–H and O–H groups in total. The van der Waals surface area contributed by atoms with Crippen LogP contribution in [0.5, 0.6) is 28.7 Å². The molecular formula is C23H29NO6. The number of methoxy groups -OCH3 is 4. The predicted octanol–water partition coefficient (Wildman–Crippen LogP) is 3.97. The van der Waals surface area contributed by atoms with Gasteiger partial charge in [-0.05, 0) is 55.5 Å². The van der Waals surface area contributed by atoms with E-state index < -0.39 is 0 Å². The fourth-order valence-corrected chi connectivity index (χ4v) is 3.60. The van der Waals surface area contributed by atoms with Crippen LogP contribution in [-0.4, -0.2) is 40.5 Å². The molecule has 1 aliphatic carbocycles. The van der Waals surface area contributed by atoms with Gasteiger partial charge in [0.15, 0.2) is 23.0 Å². The molecule has 0 radical (unpaired) electrons. The van der Waals surface area contributed by atoms with Gasteiger partial charge in [0.05, 0.1) is 34.5 Å². The average molecular weight is 415 g/mol. The van der Waals surface area contributed by atoms with Crippen LogP contribution < -0.4 is 29.0 Å². The molecule has 0 unspecified atom stereocenters. The number of hydrogen-bond acceptors (Lipinski definition) is 6. The van der Waals surface area contributed by atoms with Gasteiger partial charge in [-0.3, -0.25) is 4.79 Å². The lowest BCUT2D eigenvalue weighted by Gasteiger charge is -2.17. The van der Waals surface area contributed by atoms with Crippen molar-refractivity contribution in [2.24, 2.45) is 0 Å². The van der Waals surface area contributed by atoms with Gasteiger partial charge in [0.1, 0.15) is 0 Å². The van der Waals surface area contributed by atoms with E-state index >= 15 is 0 Å². The third-order valence-corrected chi connectivity index (χ3v) is 5.20. The number of ether oxygens (including phenoxy) is 5. The Bertz CT molecular complexity index is 851. The number of rotatable bonds is 9. The lowest BCUT2D eigenvalue weighted by Crippen LogP contribution is -2.23. The maximum atomic E-state index is 12.7. The van der Waals surface area contributed by atoms with Crippen LogP contribution in [0.25, 0.3) is 0 Å². The van der Waals surface area contributed by atoms with Crippen LogP contribution in [0.3, 0.4) is 0 Å². The Morgan fingerprint density at radius 3 is 2.07 bits per heavy atom. The Morgan fingerprint density at radius 2 is 1.50 bits per heavy atom. The van der Waals surface area contributed by atoms with Crippen LogP contribution in [0.4, 0.5) is 0 Å². The summed E-state index contributed by atoms with van der Waals surface area (Å²) in [5.41, 5.74) is 1.32. The van der Waals surface area contributed by atoms with Crippen LogP contribution in [0.15, 0.2) is 30.3 Å². The molecular weight excluding hydrogens is 386 g/mol. The Labute approximate surface area is 177 Å². The van der Waals surface area contributed by atoms with Gasteiger partial charge in [0.25, 0.3) is 5.91 Å². The van der Waals surface area contributed by atoms with Crippen LogP contribution in [0.2, 0.25) is 0 Å². The van der Waals surface area contributed by atoms with Gasteiger partial charge < -0.3 is 29.0 Å². The number of hydrogen-bond donors (Lipinski definition) is 1. The molecule has 2 aromatic rings. The van der Waals surface area contributed by atoms with Gasteiger partial charge in [-0.15, -0.1) is 0 Å². The third kappa shape index (κ3) is 4.90. The molecule has 0 saturated heterocycles. The molecule has 1 saturated carbocycles. The Kier molecular flexibility index (Phi) is 7.27. The van der Waals surface area contributed by atoms with Gasteiger partial charge >= 0.3 is 0 Å². The molecule has 0 atom stereocenters. The molecule has 2 aromatic carbocycles.